The average Bonchev–Trinajstić information content (AvgIpc) is 3.12. The first-order chi connectivity index (χ1) is 12.5. The lowest BCUT2D eigenvalue weighted by Crippen LogP contribution is -2.26. The van der Waals surface area contributed by atoms with Crippen molar-refractivity contribution in [2.24, 2.45) is 0 Å². The van der Waals surface area contributed by atoms with Crippen molar-refractivity contribution < 1.29 is 18.4 Å². The highest BCUT2D eigenvalue weighted by Gasteiger charge is 2.18. The number of hydrogen-bond acceptors (Lipinski definition) is 4. The highest BCUT2D eigenvalue weighted by atomic mass is 79.9. The maximum absolute atomic E-state index is 13.3. The van der Waals surface area contributed by atoms with Crippen molar-refractivity contribution in [2.75, 3.05) is 7.11 Å². The van der Waals surface area contributed by atoms with Crippen LogP contribution in [0.5, 0.6) is 5.75 Å². The van der Waals surface area contributed by atoms with Gasteiger partial charge in [0.25, 0.3) is 5.91 Å². The predicted molar refractivity (Wildman–Crippen MR) is 98.5 cm³/mol. The predicted octanol–water partition coefficient (Wildman–Crippen LogP) is 4.74. The molecule has 1 unspecified atom stereocenters. The number of amides is 1. The zero-order valence-corrected chi connectivity index (χ0v) is 15.7. The van der Waals surface area contributed by atoms with Crippen LogP contribution < -0.4 is 10.1 Å². The second-order valence-corrected chi connectivity index (χ2v) is 6.53. The van der Waals surface area contributed by atoms with Gasteiger partial charge in [0.15, 0.2) is 0 Å². The lowest BCUT2D eigenvalue weighted by Gasteiger charge is -2.14. The van der Waals surface area contributed by atoms with Crippen molar-refractivity contribution >= 4 is 21.8 Å². The largest absolute Gasteiger partial charge is 0.496 e. The molecule has 3 rings (SSSR count). The maximum Gasteiger partial charge on any atom is 0.290 e. The molecule has 7 heteroatoms. The minimum Gasteiger partial charge on any atom is -0.496 e. The molecular weight excluding hydrogens is 403 g/mol. The number of halogens is 2. The average molecular weight is 419 g/mol. The summed E-state index contributed by atoms with van der Waals surface area (Å²) in [6.45, 7) is 1.86. The van der Waals surface area contributed by atoms with Crippen LogP contribution in [-0.4, -0.2) is 18.2 Å². The van der Waals surface area contributed by atoms with Gasteiger partial charge in [0.2, 0.25) is 5.76 Å². The summed E-state index contributed by atoms with van der Waals surface area (Å²) >= 11 is 3.42. The summed E-state index contributed by atoms with van der Waals surface area (Å²) in [7, 11) is 1.59. The summed E-state index contributed by atoms with van der Waals surface area (Å²) in [5, 5.41) is 6.68. The Balaban J connectivity index is 1.73. The molecule has 1 N–H and O–H groups in total. The topological polar surface area (TPSA) is 64.4 Å². The van der Waals surface area contributed by atoms with Gasteiger partial charge in [-0.15, -0.1) is 0 Å². The van der Waals surface area contributed by atoms with Crippen LogP contribution in [-0.2, 0) is 0 Å². The number of rotatable bonds is 5. The molecular formula is C19H16BrFN2O3. The van der Waals surface area contributed by atoms with Crippen LogP contribution in [0.3, 0.4) is 0 Å². The summed E-state index contributed by atoms with van der Waals surface area (Å²) < 4.78 is 24.4. The fraction of sp³-hybridized carbons (Fsp3) is 0.158. The van der Waals surface area contributed by atoms with Gasteiger partial charge >= 0.3 is 0 Å². The molecule has 1 amide bonds. The van der Waals surface area contributed by atoms with E-state index in [0.717, 1.165) is 10.0 Å². The van der Waals surface area contributed by atoms with E-state index in [1.165, 1.54) is 18.2 Å². The summed E-state index contributed by atoms with van der Waals surface area (Å²) in [4.78, 5) is 12.4. The molecule has 134 valence electrons. The fourth-order valence-electron chi connectivity index (χ4n) is 2.47. The van der Waals surface area contributed by atoms with Crippen LogP contribution in [0.15, 0.2) is 57.5 Å². The van der Waals surface area contributed by atoms with E-state index < -0.39 is 5.91 Å². The molecule has 5 nitrogen and oxygen atoms in total. The lowest BCUT2D eigenvalue weighted by molar-refractivity contribution is 0.0902. The molecule has 1 atom stereocenters. The molecule has 0 aliphatic rings. The SMILES string of the molecule is COc1ccc(C(C)NC(=O)c2cc(-c3cccc(F)c3)no2)cc1Br. The van der Waals surface area contributed by atoms with E-state index in [4.69, 9.17) is 9.26 Å². The number of hydrogen-bond donors (Lipinski definition) is 1. The number of nitrogens with one attached hydrogen (secondary N) is 1. The van der Waals surface area contributed by atoms with Crippen LogP contribution in [0.2, 0.25) is 0 Å². The van der Waals surface area contributed by atoms with Crippen LogP contribution >= 0.6 is 15.9 Å². The fourth-order valence-corrected chi connectivity index (χ4v) is 3.03. The number of carbonyl (C=O) groups excluding carboxylic acids is 1. The van der Waals surface area contributed by atoms with Gasteiger partial charge < -0.3 is 14.6 Å². The monoisotopic (exact) mass is 418 g/mol. The zero-order chi connectivity index (χ0) is 18.7. The second kappa shape index (κ2) is 7.70. The Morgan fingerprint density at radius 3 is 2.77 bits per heavy atom. The molecule has 0 aliphatic heterocycles. The molecule has 0 bridgehead atoms. The summed E-state index contributed by atoms with van der Waals surface area (Å²) in [6.07, 6.45) is 0. The molecule has 1 aromatic heterocycles. The number of benzene rings is 2. The van der Waals surface area contributed by atoms with Crippen molar-refractivity contribution in [3.05, 3.63) is 70.1 Å². The van der Waals surface area contributed by atoms with Gasteiger partial charge in [-0.05, 0) is 52.7 Å². The van der Waals surface area contributed by atoms with E-state index in [9.17, 15) is 9.18 Å². The van der Waals surface area contributed by atoms with Crippen LogP contribution in [0.25, 0.3) is 11.3 Å². The molecule has 3 aromatic rings. The number of aromatic nitrogens is 1. The van der Waals surface area contributed by atoms with E-state index in [1.807, 2.05) is 25.1 Å². The summed E-state index contributed by atoms with van der Waals surface area (Å²) in [5.74, 6) is -0.0132. The molecule has 26 heavy (non-hydrogen) atoms. The van der Waals surface area contributed by atoms with Crippen molar-refractivity contribution in [3.63, 3.8) is 0 Å². The Labute approximate surface area is 158 Å². The van der Waals surface area contributed by atoms with E-state index >= 15 is 0 Å². The standard InChI is InChI=1S/C19H16BrFN2O3/c1-11(12-6-7-17(25-2)15(20)9-12)22-19(24)18-10-16(23-26-18)13-4-3-5-14(21)8-13/h3-11H,1-2H3,(H,22,24). The van der Waals surface area contributed by atoms with Gasteiger partial charge in [0.05, 0.1) is 17.6 Å². The summed E-state index contributed by atoms with van der Waals surface area (Å²) in [5.41, 5.74) is 1.84. The Morgan fingerprint density at radius 2 is 2.08 bits per heavy atom. The number of carbonyl (C=O) groups is 1. The Bertz CT molecular complexity index is 942. The van der Waals surface area contributed by atoms with E-state index in [2.05, 4.69) is 26.4 Å². The first-order valence-corrected chi connectivity index (χ1v) is 8.64. The van der Waals surface area contributed by atoms with Crippen molar-refractivity contribution in [2.45, 2.75) is 13.0 Å². The van der Waals surface area contributed by atoms with Crippen molar-refractivity contribution in [1.29, 1.82) is 0 Å². The van der Waals surface area contributed by atoms with Gasteiger partial charge in [-0.2, -0.15) is 0 Å². The quantitative estimate of drug-likeness (QED) is 0.649. The second-order valence-electron chi connectivity index (χ2n) is 5.68. The summed E-state index contributed by atoms with van der Waals surface area (Å²) in [6, 6.07) is 12.7. The van der Waals surface area contributed by atoms with Gasteiger partial charge in [0, 0.05) is 11.6 Å². The van der Waals surface area contributed by atoms with Gasteiger partial charge in [0.1, 0.15) is 17.3 Å². The zero-order valence-electron chi connectivity index (χ0n) is 14.1. The Morgan fingerprint density at radius 1 is 1.27 bits per heavy atom. The minimum absolute atomic E-state index is 0.0590. The minimum atomic E-state index is -0.403. The molecule has 0 saturated heterocycles. The van der Waals surface area contributed by atoms with E-state index in [-0.39, 0.29) is 17.6 Å². The smallest absolute Gasteiger partial charge is 0.290 e. The molecule has 0 saturated carbocycles. The highest BCUT2D eigenvalue weighted by molar-refractivity contribution is 9.10. The molecule has 0 spiro atoms. The lowest BCUT2D eigenvalue weighted by atomic mass is 10.1. The number of ether oxygens (including phenoxy) is 1. The third-order valence-corrected chi connectivity index (χ3v) is 4.50. The third kappa shape index (κ3) is 3.94. The number of nitrogens with zero attached hydrogens (tertiary/aromatic N) is 1. The van der Waals surface area contributed by atoms with Crippen LogP contribution in [0.1, 0.15) is 29.1 Å². The van der Waals surface area contributed by atoms with E-state index in [1.54, 1.807) is 19.2 Å². The third-order valence-electron chi connectivity index (χ3n) is 3.88. The number of methoxy groups -OCH3 is 1. The highest BCUT2D eigenvalue weighted by Crippen LogP contribution is 2.28. The van der Waals surface area contributed by atoms with Gasteiger partial charge in [-0.1, -0.05) is 23.4 Å². The van der Waals surface area contributed by atoms with E-state index in [0.29, 0.717) is 17.0 Å². The van der Waals surface area contributed by atoms with Gasteiger partial charge in [-0.25, -0.2) is 4.39 Å². The van der Waals surface area contributed by atoms with Crippen molar-refractivity contribution in [3.8, 4) is 17.0 Å². The Kier molecular flexibility index (Phi) is 5.37. The van der Waals surface area contributed by atoms with Crippen molar-refractivity contribution in [1.82, 2.24) is 10.5 Å². The van der Waals surface area contributed by atoms with Crippen LogP contribution in [0.4, 0.5) is 4.39 Å². The molecule has 1 heterocycles. The van der Waals surface area contributed by atoms with Gasteiger partial charge in [-0.3, -0.25) is 4.79 Å². The normalized spacial score (nSPS) is 11.8. The molecule has 0 fully saturated rings. The molecule has 2 aromatic carbocycles. The first kappa shape index (κ1) is 18.1. The first-order valence-electron chi connectivity index (χ1n) is 7.85. The molecule has 0 radical (unpaired) electrons. The van der Waals surface area contributed by atoms with Crippen LogP contribution in [0, 0.1) is 5.82 Å². The Hall–Kier alpha value is -2.67. The maximum atomic E-state index is 13.3. The molecule has 0 aliphatic carbocycles.